The lowest BCUT2D eigenvalue weighted by Gasteiger charge is -2.32. The van der Waals surface area contributed by atoms with Crippen molar-refractivity contribution in [1.29, 1.82) is 0 Å². The largest absolute Gasteiger partial charge is 0.496 e. The van der Waals surface area contributed by atoms with Crippen LogP contribution >= 0.6 is 0 Å². The van der Waals surface area contributed by atoms with Crippen LogP contribution in [0.4, 0.5) is 5.69 Å². The number of piperidine rings is 1. The van der Waals surface area contributed by atoms with E-state index in [1.54, 1.807) is 32.3 Å². The molecule has 1 aromatic rings. The molecule has 0 radical (unpaired) electrons. The Kier molecular flexibility index (Phi) is 6.82. The van der Waals surface area contributed by atoms with Gasteiger partial charge in [0.05, 0.1) is 12.7 Å². The average Bonchev–Trinajstić information content (AvgIpc) is 2.60. The number of carbonyl (C=O) groups is 2. The summed E-state index contributed by atoms with van der Waals surface area (Å²) < 4.78 is 5.25. The van der Waals surface area contributed by atoms with Gasteiger partial charge in [0.25, 0.3) is 5.91 Å². The Labute approximate surface area is 150 Å². The molecule has 1 fully saturated rings. The Hall–Kier alpha value is -2.08. The maximum atomic E-state index is 12.3. The molecule has 2 rings (SSSR count). The van der Waals surface area contributed by atoms with Crippen molar-refractivity contribution < 1.29 is 14.3 Å². The minimum atomic E-state index is -0.156. The van der Waals surface area contributed by atoms with Crippen LogP contribution in [0.25, 0.3) is 0 Å². The van der Waals surface area contributed by atoms with Crippen molar-refractivity contribution in [2.75, 3.05) is 40.1 Å². The first-order valence-electron chi connectivity index (χ1n) is 8.82. The number of carbonyl (C=O) groups excluding carboxylic acids is 2. The van der Waals surface area contributed by atoms with Crippen molar-refractivity contribution >= 4 is 17.5 Å². The van der Waals surface area contributed by atoms with E-state index in [2.05, 4.69) is 17.3 Å². The molecule has 1 atom stereocenters. The first kappa shape index (κ1) is 19.2. The number of nitrogens with one attached hydrogen (secondary N) is 1. The standard InChI is InChI=1S/C19H29N3O3/c1-21(2)19(24)16-13-14(8-10-17(16)25-4)20-18(23)11-9-15-7-5-6-12-22(15)3/h8,10,13,15H,5-7,9,11-12H2,1-4H3,(H,20,23). The SMILES string of the molecule is COc1ccc(NC(=O)CCC2CCCCN2C)cc1C(=O)N(C)C. The van der Waals surface area contributed by atoms with Crippen molar-refractivity contribution in [3.05, 3.63) is 23.8 Å². The third-order valence-electron chi connectivity index (χ3n) is 4.75. The van der Waals surface area contributed by atoms with E-state index in [0.717, 1.165) is 19.4 Å². The van der Waals surface area contributed by atoms with Gasteiger partial charge in [0.2, 0.25) is 5.91 Å². The lowest BCUT2D eigenvalue weighted by molar-refractivity contribution is -0.116. The van der Waals surface area contributed by atoms with E-state index in [0.29, 0.717) is 29.5 Å². The molecule has 1 N–H and O–H groups in total. The molecule has 25 heavy (non-hydrogen) atoms. The normalized spacial score (nSPS) is 17.8. The first-order valence-corrected chi connectivity index (χ1v) is 8.82. The molecule has 0 spiro atoms. The zero-order chi connectivity index (χ0) is 18.4. The zero-order valence-electron chi connectivity index (χ0n) is 15.7. The number of anilines is 1. The van der Waals surface area contributed by atoms with Crippen molar-refractivity contribution in [3.63, 3.8) is 0 Å². The highest BCUT2D eigenvalue weighted by Gasteiger charge is 2.20. The highest BCUT2D eigenvalue weighted by Crippen LogP contribution is 2.24. The van der Waals surface area contributed by atoms with E-state index < -0.39 is 0 Å². The number of amides is 2. The predicted octanol–water partition coefficient (Wildman–Crippen LogP) is 2.60. The monoisotopic (exact) mass is 347 g/mol. The van der Waals surface area contributed by atoms with E-state index in [9.17, 15) is 9.59 Å². The topological polar surface area (TPSA) is 61.9 Å². The number of likely N-dealkylation sites (tertiary alicyclic amines) is 1. The maximum absolute atomic E-state index is 12.3. The van der Waals surface area contributed by atoms with Crippen LogP contribution in [-0.2, 0) is 4.79 Å². The second-order valence-electron chi connectivity index (χ2n) is 6.83. The number of hydrogen-bond donors (Lipinski definition) is 1. The van der Waals surface area contributed by atoms with E-state index >= 15 is 0 Å². The summed E-state index contributed by atoms with van der Waals surface area (Å²) in [6.45, 7) is 1.11. The van der Waals surface area contributed by atoms with E-state index in [-0.39, 0.29) is 11.8 Å². The van der Waals surface area contributed by atoms with Gasteiger partial charge in [0.1, 0.15) is 5.75 Å². The molecule has 1 unspecified atom stereocenters. The lowest BCUT2D eigenvalue weighted by Crippen LogP contribution is -2.36. The van der Waals surface area contributed by atoms with Crippen molar-refractivity contribution in [2.45, 2.75) is 38.1 Å². The summed E-state index contributed by atoms with van der Waals surface area (Å²) in [6.07, 6.45) is 4.99. The smallest absolute Gasteiger partial charge is 0.257 e. The third-order valence-corrected chi connectivity index (χ3v) is 4.75. The molecule has 1 heterocycles. The summed E-state index contributed by atoms with van der Waals surface area (Å²) in [5.41, 5.74) is 1.06. The van der Waals surface area contributed by atoms with Crippen LogP contribution in [0.5, 0.6) is 5.75 Å². The number of ether oxygens (including phenoxy) is 1. The second kappa shape index (κ2) is 8.85. The summed E-state index contributed by atoms with van der Waals surface area (Å²) in [7, 11) is 7.03. The van der Waals surface area contributed by atoms with Crippen LogP contribution in [0.3, 0.4) is 0 Å². The minimum Gasteiger partial charge on any atom is -0.496 e. The van der Waals surface area contributed by atoms with Crippen molar-refractivity contribution in [1.82, 2.24) is 9.80 Å². The molecule has 0 aliphatic carbocycles. The molecular formula is C19H29N3O3. The van der Waals surface area contributed by atoms with Crippen LogP contribution in [0.1, 0.15) is 42.5 Å². The third kappa shape index (κ3) is 5.19. The van der Waals surface area contributed by atoms with Gasteiger partial charge < -0.3 is 19.9 Å². The summed E-state index contributed by atoms with van der Waals surface area (Å²) >= 11 is 0. The van der Waals surface area contributed by atoms with Gasteiger partial charge in [0.15, 0.2) is 0 Å². The van der Waals surface area contributed by atoms with Crippen LogP contribution in [0.15, 0.2) is 18.2 Å². The molecule has 0 saturated carbocycles. The molecule has 2 amide bonds. The van der Waals surface area contributed by atoms with E-state index in [4.69, 9.17) is 4.74 Å². The van der Waals surface area contributed by atoms with Crippen LogP contribution in [0, 0.1) is 0 Å². The van der Waals surface area contributed by atoms with Crippen LogP contribution in [-0.4, -0.2) is 62.5 Å². The maximum Gasteiger partial charge on any atom is 0.257 e. The number of methoxy groups -OCH3 is 1. The highest BCUT2D eigenvalue weighted by molar-refractivity contribution is 5.99. The lowest BCUT2D eigenvalue weighted by atomic mass is 9.98. The van der Waals surface area contributed by atoms with Gasteiger partial charge in [-0.1, -0.05) is 6.42 Å². The second-order valence-corrected chi connectivity index (χ2v) is 6.83. The number of rotatable bonds is 6. The first-order chi connectivity index (χ1) is 11.9. The van der Waals surface area contributed by atoms with Crippen LogP contribution < -0.4 is 10.1 Å². The summed E-state index contributed by atoms with van der Waals surface area (Å²) in [6, 6.07) is 5.63. The molecule has 0 bridgehead atoms. The Balaban J connectivity index is 1.98. The average molecular weight is 347 g/mol. The minimum absolute atomic E-state index is 0.0209. The quantitative estimate of drug-likeness (QED) is 0.859. The zero-order valence-corrected chi connectivity index (χ0v) is 15.7. The number of hydrogen-bond acceptors (Lipinski definition) is 4. The Morgan fingerprint density at radius 3 is 2.72 bits per heavy atom. The van der Waals surface area contributed by atoms with Gasteiger partial charge in [0, 0.05) is 32.2 Å². The highest BCUT2D eigenvalue weighted by atomic mass is 16.5. The summed E-state index contributed by atoms with van der Waals surface area (Å²) in [5, 5.41) is 2.90. The van der Waals surface area contributed by atoms with Crippen molar-refractivity contribution in [3.8, 4) is 5.75 Å². The van der Waals surface area contributed by atoms with Gasteiger partial charge in [-0.3, -0.25) is 9.59 Å². The Bertz CT molecular complexity index is 616. The molecule has 1 aliphatic rings. The summed E-state index contributed by atoms with van der Waals surface area (Å²) in [5.74, 6) is 0.324. The molecule has 1 saturated heterocycles. The van der Waals surface area contributed by atoms with Gasteiger partial charge in [-0.25, -0.2) is 0 Å². The molecule has 0 aromatic heterocycles. The fourth-order valence-corrected chi connectivity index (χ4v) is 3.22. The predicted molar refractivity (Wildman–Crippen MR) is 99.1 cm³/mol. The number of benzene rings is 1. The number of nitrogens with zero attached hydrogens (tertiary/aromatic N) is 2. The van der Waals surface area contributed by atoms with E-state index in [1.807, 2.05) is 0 Å². The van der Waals surface area contributed by atoms with Gasteiger partial charge in [-0.15, -0.1) is 0 Å². The van der Waals surface area contributed by atoms with Crippen molar-refractivity contribution in [2.24, 2.45) is 0 Å². The molecule has 6 nitrogen and oxygen atoms in total. The molecular weight excluding hydrogens is 318 g/mol. The summed E-state index contributed by atoms with van der Waals surface area (Å²) in [4.78, 5) is 28.4. The van der Waals surface area contributed by atoms with Gasteiger partial charge in [-0.2, -0.15) is 0 Å². The van der Waals surface area contributed by atoms with Gasteiger partial charge >= 0.3 is 0 Å². The van der Waals surface area contributed by atoms with Crippen LogP contribution in [0.2, 0.25) is 0 Å². The van der Waals surface area contributed by atoms with Gasteiger partial charge in [-0.05, 0) is 51.1 Å². The van der Waals surface area contributed by atoms with E-state index in [1.165, 1.54) is 24.9 Å². The molecule has 1 aromatic carbocycles. The molecule has 6 heteroatoms. The molecule has 138 valence electrons. The Morgan fingerprint density at radius 1 is 1.32 bits per heavy atom. The Morgan fingerprint density at radius 2 is 2.08 bits per heavy atom. The molecule has 1 aliphatic heterocycles. The fraction of sp³-hybridized carbons (Fsp3) is 0.579. The fourth-order valence-electron chi connectivity index (χ4n) is 3.22.